The first kappa shape index (κ1) is 16.7. The first-order valence-electron chi connectivity index (χ1n) is 6.42. The Morgan fingerprint density at radius 1 is 1.45 bits per heavy atom. The average molecular weight is 308 g/mol. The Bertz CT molecular complexity index is 477. The van der Waals surface area contributed by atoms with Crippen LogP contribution in [0.15, 0.2) is 0 Å². The zero-order valence-electron chi connectivity index (χ0n) is 11.5. The third-order valence-corrected chi connectivity index (χ3v) is 4.32. The lowest BCUT2D eigenvalue weighted by molar-refractivity contribution is -0.146. The summed E-state index contributed by atoms with van der Waals surface area (Å²) < 4.78 is 31.8. The number of ether oxygens (including phenoxy) is 1. The molecule has 9 heteroatoms. The third kappa shape index (κ3) is 4.34. The molecule has 20 heavy (non-hydrogen) atoms. The molecule has 2 atom stereocenters. The lowest BCUT2D eigenvalue weighted by Crippen LogP contribution is -2.59. The van der Waals surface area contributed by atoms with Gasteiger partial charge in [-0.1, -0.05) is 19.8 Å². The molecule has 1 rings (SSSR count). The first-order chi connectivity index (χ1) is 9.21. The first-order valence-corrected chi connectivity index (χ1v) is 7.91. The fourth-order valence-corrected chi connectivity index (χ4v) is 3.55. The Hall–Kier alpha value is -1.35. The van der Waals surface area contributed by atoms with Crippen LogP contribution in [0.3, 0.4) is 0 Å². The molecule has 8 nitrogen and oxygen atoms in total. The van der Waals surface area contributed by atoms with Crippen molar-refractivity contribution in [1.29, 1.82) is 0 Å². The van der Waals surface area contributed by atoms with Crippen molar-refractivity contribution < 1.29 is 27.9 Å². The molecule has 0 saturated heterocycles. The van der Waals surface area contributed by atoms with Crippen molar-refractivity contribution in [3.63, 3.8) is 0 Å². The maximum absolute atomic E-state index is 11.8. The fourth-order valence-electron chi connectivity index (χ4n) is 2.43. The van der Waals surface area contributed by atoms with Crippen molar-refractivity contribution in [1.82, 2.24) is 9.44 Å². The van der Waals surface area contributed by atoms with Crippen LogP contribution in [0, 0.1) is 5.92 Å². The standard InChI is InChI=1S/C11H20N2O6S/c1-3-19-10(16)12-20(17,18)13-11(9(14)15)6-4-5-8(2)7-11/h8,13H,3-7H2,1-2H3,(H,12,16)(H,14,15). The summed E-state index contributed by atoms with van der Waals surface area (Å²) in [6, 6.07) is 0. The van der Waals surface area contributed by atoms with Crippen LogP contribution in [0.25, 0.3) is 0 Å². The number of carboxylic acids is 1. The second-order valence-corrected chi connectivity index (χ2v) is 6.43. The molecule has 0 aliphatic heterocycles. The van der Waals surface area contributed by atoms with Crippen LogP contribution in [0.2, 0.25) is 0 Å². The van der Waals surface area contributed by atoms with Gasteiger partial charge in [0.05, 0.1) is 6.61 Å². The molecular formula is C11H20N2O6S. The van der Waals surface area contributed by atoms with E-state index in [0.29, 0.717) is 6.42 Å². The van der Waals surface area contributed by atoms with Gasteiger partial charge >= 0.3 is 22.3 Å². The van der Waals surface area contributed by atoms with E-state index in [2.05, 4.69) is 9.46 Å². The van der Waals surface area contributed by atoms with E-state index in [4.69, 9.17) is 0 Å². The number of carbonyl (C=O) groups is 2. The van der Waals surface area contributed by atoms with Crippen molar-refractivity contribution in [3.8, 4) is 0 Å². The van der Waals surface area contributed by atoms with E-state index < -0.39 is 27.8 Å². The topological polar surface area (TPSA) is 122 Å². The number of hydrogen-bond acceptors (Lipinski definition) is 5. The lowest BCUT2D eigenvalue weighted by Gasteiger charge is -2.36. The third-order valence-electron chi connectivity index (χ3n) is 3.23. The molecule has 1 aliphatic rings. The van der Waals surface area contributed by atoms with E-state index in [1.165, 1.54) is 6.92 Å². The predicted molar refractivity (Wildman–Crippen MR) is 70.2 cm³/mol. The van der Waals surface area contributed by atoms with Crippen LogP contribution < -0.4 is 9.44 Å². The van der Waals surface area contributed by atoms with Crippen LogP contribution in [0.1, 0.15) is 39.5 Å². The Morgan fingerprint density at radius 2 is 2.10 bits per heavy atom. The summed E-state index contributed by atoms with van der Waals surface area (Å²) in [5, 5.41) is 9.34. The number of carbonyl (C=O) groups excluding carboxylic acids is 1. The maximum atomic E-state index is 11.8. The predicted octanol–water partition coefficient (Wildman–Crippen LogP) is 0.600. The largest absolute Gasteiger partial charge is 0.480 e. The highest BCUT2D eigenvalue weighted by Crippen LogP contribution is 2.33. The van der Waals surface area contributed by atoms with E-state index in [-0.39, 0.29) is 25.4 Å². The van der Waals surface area contributed by atoms with Crippen LogP contribution in [-0.4, -0.2) is 37.7 Å². The van der Waals surface area contributed by atoms with Gasteiger partial charge in [0.2, 0.25) is 0 Å². The molecule has 0 spiro atoms. The number of hydrogen-bond donors (Lipinski definition) is 3. The summed E-state index contributed by atoms with van der Waals surface area (Å²) >= 11 is 0. The van der Waals surface area contributed by atoms with Gasteiger partial charge in [0, 0.05) is 0 Å². The normalized spacial score (nSPS) is 26.8. The van der Waals surface area contributed by atoms with E-state index in [9.17, 15) is 23.1 Å². The number of nitrogens with one attached hydrogen (secondary N) is 2. The van der Waals surface area contributed by atoms with Gasteiger partial charge in [-0.2, -0.15) is 13.1 Å². The van der Waals surface area contributed by atoms with Crippen LogP contribution in [-0.2, 0) is 19.7 Å². The molecule has 1 aliphatic carbocycles. The molecule has 0 aromatic heterocycles. The smallest absolute Gasteiger partial charge is 0.421 e. The van der Waals surface area contributed by atoms with Crippen molar-refractivity contribution in [3.05, 3.63) is 0 Å². The maximum Gasteiger partial charge on any atom is 0.421 e. The molecule has 1 amide bonds. The van der Waals surface area contributed by atoms with E-state index in [1.54, 1.807) is 4.72 Å². The summed E-state index contributed by atoms with van der Waals surface area (Å²) in [5.41, 5.74) is -1.57. The van der Waals surface area contributed by atoms with Gasteiger partial charge in [0.15, 0.2) is 0 Å². The lowest BCUT2D eigenvalue weighted by atomic mass is 9.77. The van der Waals surface area contributed by atoms with Gasteiger partial charge in [-0.05, 0) is 25.7 Å². The monoisotopic (exact) mass is 308 g/mol. The summed E-state index contributed by atoms with van der Waals surface area (Å²) in [6.45, 7) is 3.41. The number of aliphatic carboxylic acids is 1. The van der Waals surface area contributed by atoms with E-state index in [0.717, 1.165) is 6.42 Å². The Balaban J connectivity index is 2.85. The number of rotatable bonds is 5. The van der Waals surface area contributed by atoms with Crippen molar-refractivity contribution in [2.75, 3.05) is 6.61 Å². The second kappa shape index (κ2) is 6.40. The quantitative estimate of drug-likeness (QED) is 0.683. The number of carboxylic acid groups (broad SMARTS) is 1. The number of amides is 1. The van der Waals surface area contributed by atoms with E-state index >= 15 is 0 Å². The van der Waals surface area contributed by atoms with Crippen LogP contribution in [0.4, 0.5) is 4.79 Å². The highest BCUT2D eigenvalue weighted by atomic mass is 32.2. The molecule has 2 unspecified atom stereocenters. The van der Waals surface area contributed by atoms with Gasteiger partial charge in [0.1, 0.15) is 5.54 Å². The zero-order valence-corrected chi connectivity index (χ0v) is 12.3. The van der Waals surface area contributed by atoms with Gasteiger partial charge in [-0.3, -0.25) is 4.79 Å². The van der Waals surface area contributed by atoms with Crippen molar-refractivity contribution in [2.24, 2.45) is 5.92 Å². The highest BCUT2D eigenvalue weighted by molar-refractivity contribution is 7.88. The van der Waals surface area contributed by atoms with Gasteiger partial charge in [-0.25, -0.2) is 9.52 Å². The molecule has 0 bridgehead atoms. The second-order valence-electron chi connectivity index (χ2n) is 5.02. The molecule has 1 fully saturated rings. The fraction of sp³-hybridized carbons (Fsp3) is 0.818. The van der Waals surface area contributed by atoms with Gasteiger partial charge < -0.3 is 9.84 Å². The Kier molecular flexibility index (Phi) is 5.35. The molecule has 3 N–H and O–H groups in total. The van der Waals surface area contributed by atoms with Gasteiger partial charge in [-0.15, -0.1) is 0 Å². The molecule has 0 aromatic carbocycles. The summed E-state index contributed by atoms with van der Waals surface area (Å²) in [5.74, 6) is -1.15. The average Bonchev–Trinajstić information content (AvgIpc) is 2.27. The summed E-state index contributed by atoms with van der Waals surface area (Å²) in [4.78, 5) is 22.6. The van der Waals surface area contributed by atoms with Crippen molar-refractivity contribution >= 4 is 22.3 Å². The van der Waals surface area contributed by atoms with Crippen LogP contribution in [0.5, 0.6) is 0 Å². The van der Waals surface area contributed by atoms with Crippen LogP contribution >= 0.6 is 0 Å². The highest BCUT2D eigenvalue weighted by Gasteiger charge is 2.45. The summed E-state index contributed by atoms with van der Waals surface area (Å²) in [7, 11) is -4.28. The SMILES string of the molecule is CCOC(=O)NS(=O)(=O)NC1(C(=O)O)CCCC(C)C1. The Labute approximate surface area is 118 Å². The molecular weight excluding hydrogens is 288 g/mol. The van der Waals surface area contributed by atoms with Crippen molar-refractivity contribution in [2.45, 2.75) is 45.1 Å². The Morgan fingerprint density at radius 3 is 2.60 bits per heavy atom. The zero-order chi connectivity index (χ0) is 15.4. The molecule has 0 radical (unpaired) electrons. The molecule has 0 aromatic rings. The van der Waals surface area contributed by atoms with E-state index in [1.807, 2.05) is 6.92 Å². The molecule has 1 saturated carbocycles. The summed E-state index contributed by atoms with van der Waals surface area (Å²) in [6.07, 6.45) is 0.698. The molecule has 116 valence electrons. The van der Waals surface area contributed by atoms with Gasteiger partial charge in [0.25, 0.3) is 0 Å². The minimum atomic E-state index is -4.28. The minimum Gasteiger partial charge on any atom is -0.480 e. The molecule has 0 heterocycles. The minimum absolute atomic E-state index is 0.0163.